The standard InChI is InChI=1S/C29H29N5O/c1-18-5-7-21(8-6-18)20(3)34-16-24(22-9-10-22)13-25-28(31-32-29(25)34)23-11-12-26(27(14-23)35-4)33-15-19(2)30-17-33/h5-8,11-17,20,22H,9-10H2,1-4H3. The Morgan fingerprint density at radius 2 is 1.77 bits per heavy atom. The number of fused-ring (bicyclic) bond motifs is 1. The SMILES string of the molecule is COc1cc(-c2nnc3n(C(C)c4ccc(C)cc4)cc(C4CC4)cc2-3)ccc1-n1cnc(C)c1. The zero-order chi connectivity index (χ0) is 24.1. The lowest BCUT2D eigenvalue weighted by Crippen LogP contribution is -2.12. The molecule has 1 aromatic heterocycles. The number of aromatic nitrogens is 5. The van der Waals surface area contributed by atoms with Gasteiger partial charge in [0.2, 0.25) is 0 Å². The van der Waals surface area contributed by atoms with Crippen LogP contribution in [0.25, 0.3) is 28.3 Å². The maximum Gasteiger partial charge on any atom is 0.165 e. The van der Waals surface area contributed by atoms with E-state index in [-0.39, 0.29) is 6.04 Å². The molecule has 176 valence electrons. The zero-order valence-electron chi connectivity index (χ0n) is 20.6. The van der Waals surface area contributed by atoms with Gasteiger partial charge in [0.05, 0.1) is 30.9 Å². The fourth-order valence-corrected chi connectivity index (χ4v) is 4.81. The second-order valence-corrected chi connectivity index (χ2v) is 9.64. The summed E-state index contributed by atoms with van der Waals surface area (Å²) in [6, 6.07) is 17.4. The molecule has 2 aliphatic heterocycles. The maximum absolute atomic E-state index is 5.76. The van der Waals surface area contributed by atoms with Crippen LogP contribution in [-0.2, 0) is 0 Å². The van der Waals surface area contributed by atoms with E-state index in [0.717, 1.165) is 39.8 Å². The van der Waals surface area contributed by atoms with Crippen molar-refractivity contribution in [2.45, 2.75) is 45.6 Å². The minimum Gasteiger partial charge on any atom is -0.495 e. The number of hydrogen-bond acceptors (Lipinski definition) is 4. The second-order valence-electron chi connectivity index (χ2n) is 9.64. The molecule has 1 saturated carbocycles. The van der Waals surface area contributed by atoms with E-state index < -0.39 is 0 Å². The highest BCUT2D eigenvalue weighted by Gasteiger charge is 2.29. The Morgan fingerprint density at radius 1 is 0.971 bits per heavy atom. The van der Waals surface area contributed by atoms with Crippen LogP contribution < -0.4 is 4.74 Å². The Labute approximate surface area is 205 Å². The quantitative estimate of drug-likeness (QED) is 0.294. The van der Waals surface area contributed by atoms with Crippen LogP contribution in [0.2, 0.25) is 0 Å². The minimum atomic E-state index is 0.155. The number of rotatable bonds is 6. The molecule has 1 atom stereocenters. The van der Waals surface area contributed by atoms with Gasteiger partial charge in [-0.2, -0.15) is 0 Å². The van der Waals surface area contributed by atoms with E-state index in [1.165, 1.54) is 29.5 Å². The number of pyridine rings is 1. The molecule has 0 bridgehead atoms. The summed E-state index contributed by atoms with van der Waals surface area (Å²) in [4.78, 5) is 4.35. The molecule has 0 saturated heterocycles. The first-order valence-corrected chi connectivity index (χ1v) is 12.2. The summed E-state index contributed by atoms with van der Waals surface area (Å²) >= 11 is 0. The summed E-state index contributed by atoms with van der Waals surface area (Å²) in [7, 11) is 1.70. The van der Waals surface area contributed by atoms with Crippen LogP contribution >= 0.6 is 0 Å². The molecule has 0 amide bonds. The second kappa shape index (κ2) is 8.38. The Kier molecular flexibility index (Phi) is 5.17. The zero-order valence-corrected chi connectivity index (χ0v) is 20.6. The molecule has 0 N–H and O–H groups in total. The van der Waals surface area contributed by atoms with Crippen molar-refractivity contribution in [3.8, 4) is 34.1 Å². The third kappa shape index (κ3) is 3.89. The Balaban J connectivity index is 1.45. The molecule has 1 fully saturated rings. The highest BCUT2D eigenvalue weighted by atomic mass is 16.5. The number of aryl methyl sites for hydroxylation is 2. The number of methoxy groups -OCH3 is 1. The van der Waals surface area contributed by atoms with Gasteiger partial charge in [0.25, 0.3) is 0 Å². The van der Waals surface area contributed by atoms with E-state index >= 15 is 0 Å². The molecule has 1 unspecified atom stereocenters. The number of benzene rings is 2. The predicted octanol–water partition coefficient (Wildman–Crippen LogP) is 6.35. The van der Waals surface area contributed by atoms with Crippen molar-refractivity contribution in [3.63, 3.8) is 0 Å². The molecule has 35 heavy (non-hydrogen) atoms. The normalized spacial score (nSPS) is 14.4. The largest absolute Gasteiger partial charge is 0.495 e. The van der Waals surface area contributed by atoms with E-state index in [1.807, 2.05) is 30.1 Å². The lowest BCUT2D eigenvalue weighted by Gasteiger charge is -2.21. The summed E-state index contributed by atoms with van der Waals surface area (Å²) < 4.78 is 10.0. The van der Waals surface area contributed by atoms with E-state index in [9.17, 15) is 0 Å². The van der Waals surface area contributed by atoms with Crippen molar-refractivity contribution < 1.29 is 4.74 Å². The summed E-state index contributed by atoms with van der Waals surface area (Å²) in [5.41, 5.74) is 8.77. The number of imidazole rings is 1. The van der Waals surface area contributed by atoms with E-state index in [2.05, 4.69) is 82.3 Å². The number of hydrogen-bond donors (Lipinski definition) is 0. The minimum absolute atomic E-state index is 0.155. The molecule has 1 aliphatic carbocycles. The topological polar surface area (TPSA) is 57.8 Å². The summed E-state index contributed by atoms with van der Waals surface area (Å²) in [6.45, 7) is 6.34. The van der Waals surface area contributed by atoms with Gasteiger partial charge in [0.1, 0.15) is 11.4 Å². The van der Waals surface area contributed by atoms with Crippen LogP contribution in [0.1, 0.15) is 54.1 Å². The van der Waals surface area contributed by atoms with Gasteiger partial charge >= 0.3 is 0 Å². The number of ether oxygens (including phenoxy) is 1. The van der Waals surface area contributed by atoms with Gasteiger partial charge in [0, 0.05) is 23.5 Å². The Hall–Kier alpha value is -3.93. The van der Waals surface area contributed by atoms with Crippen LogP contribution in [0.4, 0.5) is 0 Å². The van der Waals surface area contributed by atoms with Crippen LogP contribution in [0.5, 0.6) is 5.75 Å². The van der Waals surface area contributed by atoms with Crippen LogP contribution in [-0.4, -0.2) is 31.4 Å². The van der Waals surface area contributed by atoms with Gasteiger partial charge in [-0.15, -0.1) is 10.2 Å². The predicted molar refractivity (Wildman–Crippen MR) is 137 cm³/mol. The van der Waals surface area contributed by atoms with Gasteiger partial charge in [-0.05, 0) is 68.9 Å². The average molecular weight is 464 g/mol. The molecule has 3 heterocycles. The van der Waals surface area contributed by atoms with Crippen molar-refractivity contribution >= 4 is 0 Å². The highest BCUT2D eigenvalue weighted by Crippen LogP contribution is 2.44. The summed E-state index contributed by atoms with van der Waals surface area (Å²) in [6.07, 6.45) is 8.57. The molecule has 6 heteroatoms. The maximum atomic E-state index is 5.76. The molecule has 0 spiro atoms. The average Bonchev–Trinajstić information content (AvgIpc) is 3.50. The van der Waals surface area contributed by atoms with Gasteiger partial charge in [-0.3, -0.25) is 0 Å². The highest BCUT2D eigenvalue weighted by molar-refractivity contribution is 5.81. The molecular weight excluding hydrogens is 434 g/mol. The third-order valence-corrected chi connectivity index (χ3v) is 7.05. The first kappa shape index (κ1) is 21.6. The number of nitrogens with zero attached hydrogens (tertiary/aromatic N) is 5. The molecular formula is C29H29N5O. The molecule has 0 radical (unpaired) electrons. The Bertz CT molecular complexity index is 1480. The summed E-state index contributed by atoms with van der Waals surface area (Å²) in [5, 5.41) is 9.35. The first-order valence-electron chi connectivity index (χ1n) is 12.2. The van der Waals surface area contributed by atoms with Crippen molar-refractivity contribution in [2.75, 3.05) is 7.11 Å². The fourth-order valence-electron chi connectivity index (χ4n) is 4.81. The van der Waals surface area contributed by atoms with Crippen LogP contribution in [0.3, 0.4) is 0 Å². The summed E-state index contributed by atoms with van der Waals surface area (Å²) in [5.74, 6) is 2.31. The lowest BCUT2D eigenvalue weighted by atomic mass is 10.00. The fraction of sp³-hybridized carbons (Fsp3) is 0.276. The van der Waals surface area contributed by atoms with E-state index in [1.54, 1.807) is 7.11 Å². The van der Waals surface area contributed by atoms with Gasteiger partial charge in [0.15, 0.2) is 5.82 Å². The smallest absolute Gasteiger partial charge is 0.165 e. The first-order chi connectivity index (χ1) is 17.0. The molecule has 6 nitrogen and oxygen atoms in total. The molecule has 2 aromatic carbocycles. The molecule has 3 aromatic rings. The molecule has 6 rings (SSSR count). The van der Waals surface area contributed by atoms with Crippen molar-refractivity contribution in [1.29, 1.82) is 0 Å². The molecule has 3 aliphatic rings. The Morgan fingerprint density at radius 3 is 2.46 bits per heavy atom. The monoisotopic (exact) mass is 463 g/mol. The van der Waals surface area contributed by atoms with Crippen LogP contribution in [0, 0.1) is 13.8 Å². The van der Waals surface area contributed by atoms with Crippen molar-refractivity contribution in [3.05, 3.63) is 89.6 Å². The van der Waals surface area contributed by atoms with Crippen LogP contribution in [0.15, 0.2) is 67.3 Å². The van der Waals surface area contributed by atoms with Crippen molar-refractivity contribution in [1.82, 2.24) is 24.3 Å². The van der Waals surface area contributed by atoms with Gasteiger partial charge < -0.3 is 13.9 Å². The van der Waals surface area contributed by atoms with Gasteiger partial charge in [-0.1, -0.05) is 35.9 Å². The van der Waals surface area contributed by atoms with Gasteiger partial charge in [-0.25, -0.2) is 4.98 Å². The van der Waals surface area contributed by atoms with E-state index in [4.69, 9.17) is 4.74 Å². The third-order valence-electron chi connectivity index (χ3n) is 7.05. The van der Waals surface area contributed by atoms with E-state index in [0.29, 0.717) is 5.92 Å². The van der Waals surface area contributed by atoms with Crippen molar-refractivity contribution in [2.24, 2.45) is 0 Å². The lowest BCUT2D eigenvalue weighted by molar-refractivity contribution is 0.413.